The largest absolute Gasteiger partial charge is 0.478 e. The van der Waals surface area contributed by atoms with E-state index < -0.39 is 5.97 Å². The van der Waals surface area contributed by atoms with Crippen molar-refractivity contribution in [1.82, 2.24) is 9.55 Å². The van der Waals surface area contributed by atoms with E-state index in [9.17, 15) is 9.90 Å². The third-order valence-electron chi connectivity index (χ3n) is 3.31. The predicted molar refractivity (Wildman–Crippen MR) is 72.6 cm³/mol. The van der Waals surface area contributed by atoms with Crippen molar-refractivity contribution in [2.75, 3.05) is 13.7 Å². The smallest absolute Gasteiger partial charge is 0.337 e. The number of hydrogen-bond acceptors (Lipinski definition) is 3. The van der Waals surface area contributed by atoms with Crippen LogP contribution in [-0.4, -0.2) is 34.3 Å². The lowest BCUT2D eigenvalue weighted by Crippen LogP contribution is -2.09. The SMILES string of the molecule is COCCC(C)n1c(C)nc2c(C(=O)O)cccc21. The number of hydrogen-bond donors (Lipinski definition) is 1. The van der Waals surface area contributed by atoms with Crippen molar-refractivity contribution in [3.63, 3.8) is 0 Å². The third-order valence-corrected chi connectivity index (χ3v) is 3.31. The molecule has 19 heavy (non-hydrogen) atoms. The lowest BCUT2D eigenvalue weighted by atomic mass is 10.1. The molecule has 0 saturated carbocycles. The van der Waals surface area contributed by atoms with Gasteiger partial charge < -0.3 is 14.4 Å². The molecule has 0 radical (unpaired) electrons. The van der Waals surface area contributed by atoms with Crippen molar-refractivity contribution < 1.29 is 14.6 Å². The Morgan fingerprint density at radius 2 is 2.26 bits per heavy atom. The van der Waals surface area contributed by atoms with E-state index in [0.29, 0.717) is 12.1 Å². The molecule has 102 valence electrons. The van der Waals surface area contributed by atoms with Crippen LogP contribution in [0.4, 0.5) is 0 Å². The van der Waals surface area contributed by atoms with Crippen molar-refractivity contribution in [2.45, 2.75) is 26.3 Å². The Kier molecular flexibility index (Phi) is 3.85. The van der Waals surface area contributed by atoms with E-state index in [-0.39, 0.29) is 11.6 Å². The molecule has 1 aromatic heterocycles. The number of nitrogens with zero attached hydrogens (tertiary/aromatic N) is 2. The molecule has 0 bridgehead atoms. The molecule has 1 atom stereocenters. The standard InChI is InChI=1S/C14H18N2O3/c1-9(7-8-19-3)16-10(2)15-13-11(14(17)18)5-4-6-12(13)16/h4-6,9H,7-8H2,1-3H3,(H,17,18). The molecule has 0 amide bonds. The maximum atomic E-state index is 11.2. The number of aromatic carboxylic acids is 1. The van der Waals surface area contributed by atoms with Crippen LogP contribution in [0.15, 0.2) is 18.2 Å². The van der Waals surface area contributed by atoms with Crippen LogP contribution in [0.1, 0.15) is 35.6 Å². The van der Waals surface area contributed by atoms with Crippen LogP contribution in [0.5, 0.6) is 0 Å². The molecule has 0 aliphatic heterocycles. The van der Waals surface area contributed by atoms with Gasteiger partial charge in [-0.15, -0.1) is 0 Å². The molecule has 1 aromatic carbocycles. The second-order valence-corrected chi connectivity index (χ2v) is 4.64. The van der Waals surface area contributed by atoms with Crippen LogP contribution in [0.3, 0.4) is 0 Å². The molecule has 1 N–H and O–H groups in total. The molecular formula is C14H18N2O3. The maximum absolute atomic E-state index is 11.2. The summed E-state index contributed by atoms with van der Waals surface area (Å²) in [5, 5.41) is 9.19. The van der Waals surface area contributed by atoms with Gasteiger partial charge >= 0.3 is 5.97 Å². The third kappa shape index (κ3) is 2.46. The highest BCUT2D eigenvalue weighted by Crippen LogP contribution is 2.25. The van der Waals surface area contributed by atoms with Crippen LogP contribution in [0, 0.1) is 6.92 Å². The number of carbonyl (C=O) groups is 1. The molecule has 1 unspecified atom stereocenters. The molecular weight excluding hydrogens is 244 g/mol. The minimum atomic E-state index is -0.945. The fourth-order valence-electron chi connectivity index (χ4n) is 2.38. The van der Waals surface area contributed by atoms with Gasteiger partial charge in [-0.3, -0.25) is 0 Å². The van der Waals surface area contributed by atoms with Crippen molar-refractivity contribution >= 4 is 17.0 Å². The van der Waals surface area contributed by atoms with Crippen LogP contribution in [-0.2, 0) is 4.74 Å². The number of carboxylic acids is 1. The van der Waals surface area contributed by atoms with E-state index in [1.54, 1.807) is 19.2 Å². The fraction of sp³-hybridized carbons (Fsp3) is 0.429. The average molecular weight is 262 g/mol. The first-order chi connectivity index (χ1) is 9.06. The van der Waals surface area contributed by atoms with Crippen LogP contribution in [0.2, 0.25) is 0 Å². The van der Waals surface area contributed by atoms with Crippen molar-refractivity contribution in [3.8, 4) is 0 Å². The summed E-state index contributed by atoms with van der Waals surface area (Å²) < 4.78 is 7.17. The second kappa shape index (κ2) is 5.40. The Labute approximate surface area is 111 Å². The molecule has 2 rings (SSSR count). The van der Waals surface area contributed by atoms with Crippen molar-refractivity contribution in [3.05, 3.63) is 29.6 Å². The highest BCUT2D eigenvalue weighted by Gasteiger charge is 2.17. The van der Waals surface area contributed by atoms with Crippen molar-refractivity contribution in [1.29, 1.82) is 0 Å². The van der Waals surface area contributed by atoms with E-state index in [4.69, 9.17) is 4.74 Å². The molecule has 0 fully saturated rings. The topological polar surface area (TPSA) is 64.4 Å². The number of para-hydroxylation sites is 1. The molecule has 0 aliphatic rings. The van der Waals surface area contributed by atoms with Gasteiger partial charge in [-0.05, 0) is 32.4 Å². The second-order valence-electron chi connectivity index (χ2n) is 4.64. The van der Waals surface area contributed by atoms with Crippen LogP contribution >= 0.6 is 0 Å². The number of fused-ring (bicyclic) bond motifs is 1. The Hall–Kier alpha value is -1.88. The number of imidazole rings is 1. The van der Waals surface area contributed by atoms with E-state index in [2.05, 4.69) is 16.5 Å². The summed E-state index contributed by atoms with van der Waals surface area (Å²) in [5.74, 6) is -0.118. The number of rotatable bonds is 5. The Morgan fingerprint density at radius 1 is 1.53 bits per heavy atom. The predicted octanol–water partition coefficient (Wildman–Crippen LogP) is 2.64. The Balaban J connectivity index is 2.53. The first-order valence-corrected chi connectivity index (χ1v) is 6.26. The highest BCUT2D eigenvalue weighted by atomic mass is 16.5. The highest BCUT2D eigenvalue weighted by molar-refractivity contribution is 6.01. The minimum Gasteiger partial charge on any atom is -0.478 e. The number of methoxy groups -OCH3 is 1. The zero-order valence-electron chi connectivity index (χ0n) is 11.4. The van der Waals surface area contributed by atoms with Crippen LogP contribution < -0.4 is 0 Å². The Morgan fingerprint density at radius 3 is 2.89 bits per heavy atom. The molecule has 5 nitrogen and oxygen atoms in total. The molecule has 1 heterocycles. The minimum absolute atomic E-state index is 0.217. The first-order valence-electron chi connectivity index (χ1n) is 6.26. The summed E-state index contributed by atoms with van der Waals surface area (Å²) in [7, 11) is 1.67. The van der Waals surface area contributed by atoms with Gasteiger partial charge in [0.2, 0.25) is 0 Å². The number of carboxylic acid groups (broad SMARTS) is 1. The van der Waals surface area contributed by atoms with Gasteiger partial charge in [-0.2, -0.15) is 0 Å². The van der Waals surface area contributed by atoms with E-state index >= 15 is 0 Å². The van der Waals surface area contributed by atoms with Gasteiger partial charge in [-0.25, -0.2) is 9.78 Å². The molecule has 0 aliphatic carbocycles. The molecule has 5 heteroatoms. The van der Waals surface area contributed by atoms with Crippen LogP contribution in [0.25, 0.3) is 11.0 Å². The number of benzene rings is 1. The summed E-state index contributed by atoms with van der Waals surface area (Å²) in [4.78, 5) is 15.6. The van der Waals surface area contributed by atoms with Gasteiger partial charge in [0, 0.05) is 19.8 Å². The normalized spacial score (nSPS) is 12.8. The lowest BCUT2D eigenvalue weighted by Gasteiger charge is -2.16. The molecule has 0 spiro atoms. The maximum Gasteiger partial charge on any atom is 0.337 e. The zero-order valence-corrected chi connectivity index (χ0v) is 11.4. The summed E-state index contributed by atoms with van der Waals surface area (Å²) in [6, 6.07) is 5.47. The summed E-state index contributed by atoms with van der Waals surface area (Å²) in [6.45, 7) is 4.65. The monoisotopic (exact) mass is 262 g/mol. The van der Waals surface area contributed by atoms with Crippen molar-refractivity contribution in [2.24, 2.45) is 0 Å². The van der Waals surface area contributed by atoms with E-state index in [0.717, 1.165) is 17.8 Å². The number of aromatic nitrogens is 2. The summed E-state index contributed by atoms with van der Waals surface area (Å²) in [6.07, 6.45) is 0.861. The fourth-order valence-corrected chi connectivity index (χ4v) is 2.38. The zero-order chi connectivity index (χ0) is 14.0. The molecule has 2 aromatic rings. The van der Waals surface area contributed by atoms with Gasteiger partial charge in [0.15, 0.2) is 0 Å². The summed E-state index contributed by atoms with van der Waals surface area (Å²) in [5.41, 5.74) is 1.66. The quantitative estimate of drug-likeness (QED) is 0.899. The lowest BCUT2D eigenvalue weighted by molar-refractivity contribution is 0.0699. The van der Waals surface area contributed by atoms with Gasteiger partial charge in [0.1, 0.15) is 11.3 Å². The number of ether oxygens (including phenoxy) is 1. The van der Waals surface area contributed by atoms with Gasteiger partial charge in [0.25, 0.3) is 0 Å². The van der Waals surface area contributed by atoms with Gasteiger partial charge in [-0.1, -0.05) is 6.07 Å². The van der Waals surface area contributed by atoms with E-state index in [1.807, 2.05) is 13.0 Å². The van der Waals surface area contributed by atoms with Gasteiger partial charge in [0.05, 0.1) is 11.1 Å². The molecule has 0 saturated heterocycles. The summed E-state index contributed by atoms with van der Waals surface area (Å²) >= 11 is 0. The first kappa shape index (κ1) is 13.5. The Bertz CT molecular complexity index is 604. The average Bonchev–Trinajstić information content (AvgIpc) is 2.71. The van der Waals surface area contributed by atoms with E-state index in [1.165, 1.54) is 0 Å². The number of aryl methyl sites for hydroxylation is 1.